The van der Waals surface area contributed by atoms with Crippen molar-refractivity contribution in [2.45, 2.75) is 52.0 Å². The Kier molecular flexibility index (Phi) is 5.61. The zero-order chi connectivity index (χ0) is 11.8. The average molecular weight is 226 g/mol. The molecule has 0 aromatic carbocycles. The van der Waals surface area contributed by atoms with Crippen molar-refractivity contribution in [3.05, 3.63) is 18.4 Å². The van der Waals surface area contributed by atoms with Crippen LogP contribution < -0.4 is 4.57 Å². The number of rotatable bonds is 8. The van der Waals surface area contributed by atoms with Gasteiger partial charge in [-0.15, -0.1) is 0 Å². The number of hydrogen-bond acceptors (Lipinski definition) is 2. The zero-order valence-corrected chi connectivity index (χ0v) is 9.82. The van der Waals surface area contributed by atoms with Gasteiger partial charge < -0.3 is 9.52 Å². The van der Waals surface area contributed by atoms with Gasteiger partial charge in [0.1, 0.15) is 0 Å². The number of carbonyl (C=O) groups is 1. The van der Waals surface area contributed by atoms with Crippen LogP contribution in [-0.2, 0) is 6.54 Å². The third-order valence-electron chi connectivity index (χ3n) is 2.62. The molecule has 4 nitrogen and oxygen atoms in total. The minimum absolute atomic E-state index is 0.0218. The fourth-order valence-electron chi connectivity index (χ4n) is 1.72. The Morgan fingerprint density at radius 2 is 2.00 bits per heavy atom. The van der Waals surface area contributed by atoms with Crippen molar-refractivity contribution in [3.63, 3.8) is 0 Å². The molecule has 1 heterocycles. The van der Waals surface area contributed by atoms with Crippen molar-refractivity contribution in [1.29, 1.82) is 0 Å². The number of carboxylic acids is 1. The first-order valence-electron chi connectivity index (χ1n) is 5.96. The van der Waals surface area contributed by atoms with Crippen molar-refractivity contribution in [3.8, 4) is 0 Å². The first-order valence-corrected chi connectivity index (χ1v) is 5.96. The summed E-state index contributed by atoms with van der Waals surface area (Å²) in [5.41, 5.74) is 0. The SMILES string of the molecule is CCCCCCCC[n+]1ccoc1C(=O)O. The van der Waals surface area contributed by atoms with E-state index in [1.807, 2.05) is 0 Å². The van der Waals surface area contributed by atoms with Crippen LogP contribution in [0.1, 0.15) is 56.1 Å². The van der Waals surface area contributed by atoms with Crippen molar-refractivity contribution >= 4 is 5.97 Å². The highest BCUT2D eigenvalue weighted by molar-refractivity contribution is 5.80. The van der Waals surface area contributed by atoms with Crippen LogP contribution >= 0.6 is 0 Å². The molecule has 0 aliphatic carbocycles. The summed E-state index contributed by atoms with van der Waals surface area (Å²) in [4.78, 5) is 10.7. The molecule has 0 aliphatic rings. The quantitative estimate of drug-likeness (QED) is 0.547. The Hall–Kier alpha value is -1.32. The Morgan fingerprint density at radius 1 is 1.31 bits per heavy atom. The van der Waals surface area contributed by atoms with E-state index in [0.717, 1.165) is 19.4 Å². The molecule has 0 saturated heterocycles. The van der Waals surface area contributed by atoms with E-state index in [0.29, 0.717) is 0 Å². The van der Waals surface area contributed by atoms with E-state index in [-0.39, 0.29) is 5.89 Å². The molecule has 0 radical (unpaired) electrons. The number of unbranched alkanes of at least 4 members (excludes halogenated alkanes) is 5. The monoisotopic (exact) mass is 226 g/mol. The summed E-state index contributed by atoms with van der Waals surface area (Å²) < 4.78 is 6.54. The fraction of sp³-hybridized carbons (Fsp3) is 0.667. The van der Waals surface area contributed by atoms with Crippen LogP contribution in [0.15, 0.2) is 16.9 Å². The van der Waals surface area contributed by atoms with Gasteiger partial charge in [0.15, 0.2) is 12.8 Å². The number of carboxylic acid groups (broad SMARTS) is 1. The Labute approximate surface area is 95.9 Å². The lowest BCUT2D eigenvalue weighted by Gasteiger charge is -1.97. The number of aromatic nitrogens is 1. The van der Waals surface area contributed by atoms with Crippen molar-refractivity contribution < 1.29 is 18.9 Å². The molecule has 0 unspecified atom stereocenters. The number of hydrogen-bond donors (Lipinski definition) is 1. The Balaban J connectivity index is 2.21. The van der Waals surface area contributed by atoms with E-state index in [9.17, 15) is 4.79 Å². The molecule has 16 heavy (non-hydrogen) atoms. The van der Waals surface area contributed by atoms with Crippen LogP contribution in [0.25, 0.3) is 0 Å². The summed E-state index contributed by atoms with van der Waals surface area (Å²) in [6, 6.07) is 0. The molecule has 0 fully saturated rings. The van der Waals surface area contributed by atoms with Crippen molar-refractivity contribution in [2.24, 2.45) is 0 Å². The number of aryl methyl sites for hydroxylation is 1. The summed E-state index contributed by atoms with van der Waals surface area (Å²) in [6.45, 7) is 2.92. The van der Waals surface area contributed by atoms with Crippen LogP contribution in [0.4, 0.5) is 0 Å². The van der Waals surface area contributed by atoms with Gasteiger partial charge in [-0.2, -0.15) is 4.57 Å². The van der Waals surface area contributed by atoms with Gasteiger partial charge in [-0.1, -0.05) is 32.6 Å². The maximum atomic E-state index is 10.7. The minimum Gasteiger partial charge on any atom is -0.471 e. The lowest BCUT2D eigenvalue weighted by atomic mass is 10.1. The minimum atomic E-state index is -1.00. The van der Waals surface area contributed by atoms with Gasteiger partial charge in [0.05, 0.1) is 0 Å². The highest BCUT2D eigenvalue weighted by Crippen LogP contribution is 2.05. The second kappa shape index (κ2) is 7.04. The van der Waals surface area contributed by atoms with Gasteiger partial charge in [-0.25, -0.2) is 4.79 Å². The summed E-state index contributed by atoms with van der Waals surface area (Å²) >= 11 is 0. The Morgan fingerprint density at radius 3 is 2.69 bits per heavy atom. The molecule has 1 aromatic heterocycles. The summed E-state index contributed by atoms with van der Waals surface area (Å²) in [7, 11) is 0. The molecule has 90 valence electrons. The average Bonchev–Trinajstić information content (AvgIpc) is 2.71. The normalized spacial score (nSPS) is 10.6. The molecule has 0 saturated carbocycles. The predicted octanol–water partition coefficient (Wildman–Crippen LogP) is 2.63. The number of nitrogens with zero attached hydrogens (tertiary/aromatic N) is 1. The number of aromatic carboxylic acids is 1. The molecule has 1 rings (SSSR count). The zero-order valence-electron chi connectivity index (χ0n) is 9.82. The van der Waals surface area contributed by atoms with Gasteiger partial charge in [-0.05, 0) is 6.42 Å². The molecule has 1 N–H and O–H groups in total. The van der Waals surface area contributed by atoms with Crippen molar-refractivity contribution in [1.82, 2.24) is 0 Å². The first-order chi connectivity index (χ1) is 7.75. The molecule has 4 heteroatoms. The van der Waals surface area contributed by atoms with E-state index in [1.165, 1.54) is 31.9 Å². The first kappa shape index (κ1) is 12.7. The highest BCUT2D eigenvalue weighted by atomic mass is 16.4. The van der Waals surface area contributed by atoms with Crippen LogP contribution in [0.2, 0.25) is 0 Å². The smallest absolute Gasteiger partial charge is 0.461 e. The standard InChI is InChI=1S/C12H19NO3/c1-2-3-4-5-6-7-8-13-9-10-16-11(13)12(14)15/h9-10H,2-8H2,1H3/p+1. The van der Waals surface area contributed by atoms with E-state index < -0.39 is 5.97 Å². The fourth-order valence-corrected chi connectivity index (χ4v) is 1.72. The molecule has 0 aliphatic heterocycles. The second-order valence-corrected chi connectivity index (χ2v) is 3.97. The van der Waals surface area contributed by atoms with E-state index in [1.54, 1.807) is 10.8 Å². The van der Waals surface area contributed by atoms with Gasteiger partial charge in [0.2, 0.25) is 6.20 Å². The maximum Gasteiger partial charge on any atom is 0.461 e. The third kappa shape index (κ3) is 4.04. The third-order valence-corrected chi connectivity index (χ3v) is 2.62. The summed E-state index contributed by atoms with van der Waals surface area (Å²) in [5, 5.41) is 8.81. The van der Waals surface area contributed by atoms with Crippen LogP contribution in [-0.4, -0.2) is 11.1 Å². The van der Waals surface area contributed by atoms with E-state index >= 15 is 0 Å². The molecular weight excluding hydrogens is 206 g/mol. The van der Waals surface area contributed by atoms with Gasteiger partial charge >= 0.3 is 11.9 Å². The molecule has 0 spiro atoms. The van der Waals surface area contributed by atoms with Gasteiger partial charge in [0, 0.05) is 6.42 Å². The Bertz CT molecular complexity index is 320. The lowest BCUT2D eigenvalue weighted by molar-refractivity contribution is -0.702. The summed E-state index contributed by atoms with van der Waals surface area (Å²) in [5.74, 6) is -0.982. The van der Waals surface area contributed by atoms with Crippen LogP contribution in [0.3, 0.4) is 0 Å². The second-order valence-electron chi connectivity index (χ2n) is 3.97. The highest BCUT2D eigenvalue weighted by Gasteiger charge is 2.22. The van der Waals surface area contributed by atoms with Gasteiger partial charge in [0.25, 0.3) is 0 Å². The largest absolute Gasteiger partial charge is 0.471 e. The molecule has 1 aromatic rings. The summed E-state index contributed by atoms with van der Waals surface area (Å²) in [6.07, 6.45) is 10.3. The van der Waals surface area contributed by atoms with E-state index in [4.69, 9.17) is 9.52 Å². The molecular formula is C12H20NO3+. The number of oxazole rings is 1. The van der Waals surface area contributed by atoms with Gasteiger partial charge in [-0.3, -0.25) is 0 Å². The van der Waals surface area contributed by atoms with Crippen LogP contribution in [0, 0.1) is 0 Å². The predicted molar refractivity (Wildman–Crippen MR) is 59.2 cm³/mol. The molecule has 0 atom stereocenters. The van der Waals surface area contributed by atoms with E-state index in [2.05, 4.69) is 6.92 Å². The van der Waals surface area contributed by atoms with Crippen molar-refractivity contribution in [2.75, 3.05) is 0 Å². The lowest BCUT2D eigenvalue weighted by Crippen LogP contribution is -2.37. The topological polar surface area (TPSA) is 54.3 Å². The maximum absolute atomic E-state index is 10.7. The molecule has 0 amide bonds. The molecule has 0 bridgehead atoms. The van der Waals surface area contributed by atoms with Crippen LogP contribution in [0.5, 0.6) is 0 Å².